The predicted molar refractivity (Wildman–Crippen MR) is 131 cm³/mol. The van der Waals surface area contributed by atoms with Crippen molar-refractivity contribution in [2.75, 3.05) is 38.3 Å². The van der Waals surface area contributed by atoms with E-state index in [0.29, 0.717) is 37.4 Å². The van der Waals surface area contributed by atoms with Gasteiger partial charge in [-0.25, -0.2) is 9.48 Å². The van der Waals surface area contributed by atoms with Gasteiger partial charge in [0.15, 0.2) is 0 Å². The number of nitrogens with zero attached hydrogens (tertiary/aromatic N) is 3. The molecule has 12 heteroatoms. The van der Waals surface area contributed by atoms with Crippen molar-refractivity contribution in [3.8, 4) is 5.75 Å². The van der Waals surface area contributed by atoms with E-state index in [-0.39, 0.29) is 24.9 Å². The SMILES string of the molecule is COC(=O)c1ccc(OCC2CCN(c3cnn(COCC[Si](C)(C)C)c(=O)c3C(F)(F)F)C2)cc1. The molecular weight excluding hydrogens is 495 g/mol. The summed E-state index contributed by atoms with van der Waals surface area (Å²) in [6.45, 7) is 7.44. The summed E-state index contributed by atoms with van der Waals surface area (Å²) in [4.78, 5) is 25.8. The van der Waals surface area contributed by atoms with Crippen LogP contribution in [0.4, 0.5) is 18.9 Å². The van der Waals surface area contributed by atoms with Gasteiger partial charge < -0.3 is 19.1 Å². The lowest BCUT2D eigenvalue weighted by molar-refractivity contribution is -0.138. The van der Waals surface area contributed by atoms with Crippen molar-refractivity contribution in [1.29, 1.82) is 0 Å². The van der Waals surface area contributed by atoms with Crippen molar-refractivity contribution in [3.05, 3.63) is 51.9 Å². The number of carbonyl (C=O) groups is 1. The molecule has 1 aliphatic rings. The number of hydrogen-bond acceptors (Lipinski definition) is 7. The fraction of sp³-hybridized carbons (Fsp3) is 0.542. The van der Waals surface area contributed by atoms with Crippen LogP contribution in [0.25, 0.3) is 0 Å². The highest BCUT2D eigenvalue weighted by molar-refractivity contribution is 6.76. The summed E-state index contributed by atoms with van der Waals surface area (Å²) < 4.78 is 58.3. The maximum absolute atomic E-state index is 13.9. The first-order valence-corrected chi connectivity index (χ1v) is 15.4. The predicted octanol–water partition coefficient (Wildman–Crippen LogP) is 4.27. The average molecular weight is 528 g/mol. The topological polar surface area (TPSA) is 82.9 Å². The third-order valence-electron chi connectivity index (χ3n) is 5.90. The summed E-state index contributed by atoms with van der Waals surface area (Å²) >= 11 is 0. The minimum Gasteiger partial charge on any atom is -0.493 e. The first kappa shape index (κ1) is 27.7. The van der Waals surface area contributed by atoms with Gasteiger partial charge in [-0.1, -0.05) is 19.6 Å². The molecule has 0 spiro atoms. The van der Waals surface area contributed by atoms with Crippen LogP contribution < -0.4 is 15.2 Å². The average Bonchev–Trinajstić information content (AvgIpc) is 3.28. The number of aromatic nitrogens is 2. The molecule has 3 rings (SSSR count). The van der Waals surface area contributed by atoms with E-state index >= 15 is 0 Å². The largest absolute Gasteiger partial charge is 0.493 e. The van der Waals surface area contributed by atoms with Crippen LogP contribution in [0.5, 0.6) is 5.75 Å². The van der Waals surface area contributed by atoms with Crippen LogP contribution in [0, 0.1) is 5.92 Å². The first-order valence-electron chi connectivity index (χ1n) is 11.7. The second-order valence-corrected chi connectivity index (χ2v) is 15.6. The first-order chi connectivity index (χ1) is 16.9. The number of ether oxygens (including phenoxy) is 3. The molecule has 0 amide bonds. The van der Waals surface area contributed by atoms with Gasteiger partial charge in [0.2, 0.25) is 0 Å². The molecule has 36 heavy (non-hydrogen) atoms. The van der Waals surface area contributed by atoms with Gasteiger partial charge in [0.1, 0.15) is 18.0 Å². The lowest BCUT2D eigenvalue weighted by Gasteiger charge is -2.23. The summed E-state index contributed by atoms with van der Waals surface area (Å²) in [6.07, 6.45) is -3.13. The number of esters is 1. The van der Waals surface area contributed by atoms with Gasteiger partial charge in [0.25, 0.3) is 5.56 Å². The molecule has 2 aromatic rings. The van der Waals surface area contributed by atoms with Crippen molar-refractivity contribution >= 4 is 19.7 Å². The molecule has 1 saturated heterocycles. The molecule has 198 valence electrons. The fourth-order valence-electron chi connectivity index (χ4n) is 3.81. The molecule has 1 unspecified atom stereocenters. The maximum Gasteiger partial charge on any atom is 0.423 e. The maximum atomic E-state index is 13.9. The molecule has 1 aliphatic heterocycles. The number of carbonyl (C=O) groups excluding carboxylic acids is 1. The smallest absolute Gasteiger partial charge is 0.423 e. The van der Waals surface area contributed by atoms with Crippen molar-refractivity contribution in [2.24, 2.45) is 5.92 Å². The Balaban J connectivity index is 1.65. The number of anilines is 1. The van der Waals surface area contributed by atoms with Gasteiger partial charge in [-0.15, -0.1) is 0 Å². The third kappa shape index (κ3) is 7.32. The van der Waals surface area contributed by atoms with E-state index in [1.807, 2.05) is 0 Å². The highest BCUT2D eigenvalue weighted by Gasteiger charge is 2.40. The highest BCUT2D eigenvalue weighted by Crippen LogP contribution is 2.35. The van der Waals surface area contributed by atoms with Gasteiger partial charge in [-0.3, -0.25) is 4.79 Å². The molecule has 0 bridgehead atoms. The van der Waals surface area contributed by atoms with E-state index in [1.165, 1.54) is 12.0 Å². The van der Waals surface area contributed by atoms with E-state index in [4.69, 9.17) is 9.47 Å². The van der Waals surface area contributed by atoms with Gasteiger partial charge in [-0.2, -0.15) is 18.3 Å². The van der Waals surface area contributed by atoms with Crippen molar-refractivity contribution in [2.45, 2.75) is 45.0 Å². The molecule has 1 aromatic heterocycles. The van der Waals surface area contributed by atoms with Crippen LogP contribution in [0.15, 0.2) is 35.3 Å². The standard InChI is InChI=1S/C24H32F3N3O5Si/c1-33-23(32)18-5-7-19(8-6-18)35-15-17-9-10-29(14-17)20-13-28-30(16-34-11-12-36(2,3)4)22(31)21(20)24(25,26)27/h5-8,13,17H,9-12,14-16H2,1-4H3. The third-order valence-corrected chi connectivity index (χ3v) is 7.61. The molecule has 2 heterocycles. The summed E-state index contributed by atoms with van der Waals surface area (Å²) in [5, 5.41) is 3.96. The Hall–Kier alpha value is -2.86. The van der Waals surface area contributed by atoms with Gasteiger partial charge >= 0.3 is 12.1 Å². The quantitative estimate of drug-likeness (QED) is 0.259. The molecular formula is C24H32F3N3O5Si. The summed E-state index contributed by atoms with van der Waals surface area (Å²) in [5.74, 6) is 0.0382. The van der Waals surface area contributed by atoms with Crippen LogP contribution in [-0.4, -0.2) is 57.2 Å². The molecule has 0 radical (unpaired) electrons. The van der Waals surface area contributed by atoms with E-state index in [1.54, 1.807) is 24.3 Å². The van der Waals surface area contributed by atoms with Crippen molar-refractivity contribution in [3.63, 3.8) is 0 Å². The Bertz CT molecular complexity index is 1100. The molecule has 1 atom stereocenters. The van der Waals surface area contributed by atoms with Crippen molar-refractivity contribution in [1.82, 2.24) is 9.78 Å². The zero-order chi connectivity index (χ0) is 26.5. The lowest BCUT2D eigenvalue weighted by atomic mass is 10.1. The normalized spacial score (nSPS) is 16.3. The van der Waals surface area contributed by atoms with Crippen molar-refractivity contribution < 1.29 is 32.2 Å². The summed E-state index contributed by atoms with van der Waals surface area (Å²) in [7, 11) is -0.0738. The van der Waals surface area contributed by atoms with Crippen LogP contribution in [0.3, 0.4) is 0 Å². The number of rotatable bonds is 10. The minimum absolute atomic E-state index is 0.0429. The van der Waals surface area contributed by atoms with E-state index < -0.39 is 31.3 Å². The van der Waals surface area contributed by atoms with E-state index in [9.17, 15) is 22.8 Å². The zero-order valence-corrected chi connectivity index (χ0v) is 21.9. The second kappa shape index (κ2) is 11.5. The Morgan fingerprint density at radius 1 is 1.19 bits per heavy atom. The number of halogens is 3. The summed E-state index contributed by atoms with van der Waals surface area (Å²) in [6, 6.07) is 7.26. The van der Waals surface area contributed by atoms with Gasteiger partial charge in [0, 0.05) is 33.7 Å². The molecule has 8 nitrogen and oxygen atoms in total. The number of alkyl halides is 3. The molecule has 0 N–H and O–H groups in total. The fourth-order valence-corrected chi connectivity index (χ4v) is 4.57. The Morgan fingerprint density at radius 3 is 2.50 bits per heavy atom. The minimum atomic E-state index is -4.83. The molecule has 1 fully saturated rings. The van der Waals surface area contributed by atoms with Crippen LogP contribution >= 0.6 is 0 Å². The molecule has 0 saturated carbocycles. The Labute approximate surface area is 209 Å². The van der Waals surface area contributed by atoms with Crippen LogP contribution in [0.1, 0.15) is 22.3 Å². The van der Waals surface area contributed by atoms with Crippen LogP contribution in [-0.2, 0) is 22.4 Å². The second-order valence-electron chi connectivity index (χ2n) is 9.98. The summed E-state index contributed by atoms with van der Waals surface area (Å²) in [5.41, 5.74) is -2.28. The lowest BCUT2D eigenvalue weighted by Crippen LogP contribution is -2.35. The molecule has 1 aromatic carbocycles. The zero-order valence-electron chi connectivity index (χ0n) is 20.9. The van der Waals surface area contributed by atoms with Gasteiger partial charge in [-0.05, 0) is 36.7 Å². The van der Waals surface area contributed by atoms with Gasteiger partial charge in [0.05, 0.1) is 31.2 Å². The molecule has 0 aliphatic carbocycles. The van der Waals surface area contributed by atoms with E-state index in [2.05, 4.69) is 29.5 Å². The van der Waals surface area contributed by atoms with Crippen LogP contribution in [0.2, 0.25) is 25.7 Å². The Morgan fingerprint density at radius 2 is 1.89 bits per heavy atom. The number of methoxy groups -OCH3 is 1. The number of benzene rings is 1. The highest BCUT2D eigenvalue weighted by atomic mass is 28.3. The Kier molecular flexibility index (Phi) is 8.83. The number of hydrogen-bond donors (Lipinski definition) is 0. The van der Waals surface area contributed by atoms with E-state index in [0.717, 1.165) is 16.9 Å². The monoisotopic (exact) mass is 527 g/mol.